The van der Waals surface area contributed by atoms with Gasteiger partial charge in [-0.2, -0.15) is 0 Å². The molecule has 8 heteroatoms. The molecule has 2 rings (SSSR count). The second-order valence-corrected chi connectivity index (χ2v) is 5.34. The molecule has 0 aromatic heterocycles. The van der Waals surface area contributed by atoms with Gasteiger partial charge < -0.3 is 5.32 Å². The van der Waals surface area contributed by atoms with Crippen molar-refractivity contribution in [2.45, 2.75) is 19.4 Å². The molecule has 1 aliphatic rings. The normalized spacial score (nSPS) is 16.2. The number of nitrogens with zero attached hydrogens (tertiary/aromatic N) is 1. The number of hydrogen-bond acceptors (Lipinski definition) is 2. The van der Waals surface area contributed by atoms with E-state index in [4.69, 9.17) is 0 Å². The van der Waals surface area contributed by atoms with Crippen molar-refractivity contribution < 1.29 is 17.6 Å². The van der Waals surface area contributed by atoms with E-state index in [0.717, 1.165) is 0 Å². The molecule has 0 radical (unpaired) electrons. The Hall–Kier alpha value is -0.820. The molecule has 1 fully saturated rings. The third kappa shape index (κ3) is 5.08. The first-order valence-electron chi connectivity index (χ1n) is 6.84. The summed E-state index contributed by atoms with van der Waals surface area (Å²) < 4.78 is 55.0. The molecule has 23 heavy (non-hydrogen) atoms. The van der Waals surface area contributed by atoms with Gasteiger partial charge in [0.25, 0.3) is 0 Å². The highest BCUT2D eigenvalue weighted by atomic mass is 35.5. The first kappa shape index (κ1) is 22.2. The lowest BCUT2D eigenvalue weighted by Gasteiger charge is -2.35. The molecule has 0 aliphatic carbocycles. The zero-order valence-corrected chi connectivity index (χ0v) is 14.3. The number of nitrogens with one attached hydrogen (secondary N) is 1. The Kier molecular flexibility index (Phi) is 9.13. The molecule has 1 saturated heterocycles. The molecule has 2 nitrogen and oxygen atoms in total. The van der Waals surface area contributed by atoms with Crippen LogP contribution in [0, 0.1) is 23.3 Å². The van der Waals surface area contributed by atoms with Crippen LogP contribution >= 0.6 is 24.8 Å². The summed E-state index contributed by atoms with van der Waals surface area (Å²) >= 11 is 0. The fraction of sp³-hybridized carbons (Fsp3) is 0.467. The van der Waals surface area contributed by atoms with E-state index in [1.54, 1.807) is 6.92 Å². The van der Waals surface area contributed by atoms with E-state index in [-0.39, 0.29) is 37.3 Å². The summed E-state index contributed by atoms with van der Waals surface area (Å²) in [6.07, 6.45) is 0.247. The van der Waals surface area contributed by atoms with Gasteiger partial charge in [0.1, 0.15) is 0 Å². The van der Waals surface area contributed by atoms with Crippen LogP contribution in [0.25, 0.3) is 0 Å². The van der Waals surface area contributed by atoms with Crippen molar-refractivity contribution in [2.24, 2.45) is 0 Å². The Morgan fingerprint density at radius 2 is 1.61 bits per heavy atom. The quantitative estimate of drug-likeness (QED) is 0.486. The van der Waals surface area contributed by atoms with Gasteiger partial charge in [-0.1, -0.05) is 5.57 Å². The highest BCUT2D eigenvalue weighted by molar-refractivity contribution is 5.85. The summed E-state index contributed by atoms with van der Waals surface area (Å²) in [5, 5.41) is 3.13. The fourth-order valence-corrected chi connectivity index (χ4v) is 2.62. The van der Waals surface area contributed by atoms with Crippen LogP contribution in [0.4, 0.5) is 17.6 Å². The van der Waals surface area contributed by atoms with Crippen molar-refractivity contribution in [1.29, 1.82) is 0 Å². The molecule has 1 heterocycles. The smallest absolute Gasteiger partial charge is 0.166 e. The van der Waals surface area contributed by atoms with Crippen molar-refractivity contribution in [3.05, 3.63) is 47.1 Å². The second kappa shape index (κ2) is 9.47. The maximum atomic E-state index is 14.0. The molecular formula is C15H20Cl2F4N2. The highest BCUT2D eigenvalue weighted by Gasteiger charge is 2.30. The van der Waals surface area contributed by atoms with Gasteiger partial charge in [-0.05, 0) is 13.3 Å². The number of halogens is 6. The zero-order valence-electron chi connectivity index (χ0n) is 12.7. The van der Waals surface area contributed by atoms with Crippen molar-refractivity contribution in [2.75, 3.05) is 26.2 Å². The molecule has 0 bridgehead atoms. The molecule has 0 unspecified atom stereocenters. The highest BCUT2D eigenvalue weighted by Crippen LogP contribution is 2.33. The first-order valence-corrected chi connectivity index (χ1v) is 6.84. The third-order valence-electron chi connectivity index (χ3n) is 3.61. The predicted octanol–water partition coefficient (Wildman–Crippen LogP) is 4.00. The summed E-state index contributed by atoms with van der Waals surface area (Å²) in [7, 11) is 0. The Bertz CT molecular complexity index is 523. The van der Waals surface area contributed by atoms with E-state index < -0.39 is 34.9 Å². The minimum Gasteiger partial charge on any atom is -0.314 e. The van der Waals surface area contributed by atoms with Crippen LogP contribution in [0.1, 0.15) is 24.9 Å². The molecule has 1 N–H and O–H groups in total. The lowest BCUT2D eigenvalue weighted by molar-refractivity contribution is 0.164. The summed E-state index contributed by atoms with van der Waals surface area (Å²) in [6, 6.07) is -0.515. The third-order valence-corrected chi connectivity index (χ3v) is 3.61. The Morgan fingerprint density at radius 1 is 1.13 bits per heavy atom. The van der Waals surface area contributed by atoms with Gasteiger partial charge in [0, 0.05) is 43.9 Å². The molecule has 132 valence electrons. The molecule has 1 aliphatic heterocycles. The van der Waals surface area contributed by atoms with E-state index in [0.29, 0.717) is 31.8 Å². The predicted molar refractivity (Wildman–Crippen MR) is 87.4 cm³/mol. The molecular weight excluding hydrogens is 355 g/mol. The monoisotopic (exact) mass is 374 g/mol. The number of rotatable bonds is 4. The van der Waals surface area contributed by atoms with E-state index >= 15 is 0 Å². The van der Waals surface area contributed by atoms with E-state index in [2.05, 4.69) is 11.9 Å². The first-order chi connectivity index (χ1) is 9.91. The number of piperazine rings is 1. The van der Waals surface area contributed by atoms with Crippen molar-refractivity contribution in [3.63, 3.8) is 0 Å². The molecule has 1 aromatic rings. The lowest BCUT2D eigenvalue weighted by atomic mass is 9.96. The minimum absolute atomic E-state index is 0. The number of benzene rings is 1. The lowest BCUT2D eigenvalue weighted by Crippen LogP contribution is -2.45. The van der Waals surface area contributed by atoms with Crippen LogP contribution in [-0.2, 0) is 0 Å². The second-order valence-electron chi connectivity index (χ2n) is 5.34. The van der Waals surface area contributed by atoms with Gasteiger partial charge in [0.05, 0.1) is 0 Å². The summed E-state index contributed by atoms with van der Waals surface area (Å²) in [5.74, 6) is -5.38. The van der Waals surface area contributed by atoms with Crippen LogP contribution in [-0.4, -0.2) is 31.1 Å². The summed E-state index contributed by atoms with van der Waals surface area (Å²) in [4.78, 5) is 1.82. The minimum atomic E-state index is -1.37. The average molecular weight is 375 g/mol. The Labute approximate surface area is 145 Å². The maximum absolute atomic E-state index is 14.0. The van der Waals surface area contributed by atoms with E-state index in [1.165, 1.54) is 0 Å². The van der Waals surface area contributed by atoms with Crippen LogP contribution in [0.2, 0.25) is 0 Å². The maximum Gasteiger partial charge on any atom is 0.166 e. The van der Waals surface area contributed by atoms with Gasteiger partial charge in [-0.15, -0.1) is 31.4 Å². The van der Waals surface area contributed by atoms with Gasteiger partial charge in [0.2, 0.25) is 0 Å². The SMILES string of the molecule is C=C(C)C[C@H](c1c(F)c(F)cc(F)c1F)N1CCNCC1.Cl.Cl. The van der Waals surface area contributed by atoms with E-state index in [1.807, 2.05) is 4.90 Å². The van der Waals surface area contributed by atoms with Crippen molar-refractivity contribution in [3.8, 4) is 0 Å². The van der Waals surface area contributed by atoms with E-state index in [9.17, 15) is 17.6 Å². The molecule has 0 saturated carbocycles. The zero-order chi connectivity index (χ0) is 15.6. The van der Waals surface area contributed by atoms with Crippen LogP contribution in [0.5, 0.6) is 0 Å². The largest absolute Gasteiger partial charge is 0.314 e. The van der Waals surface area contributed by atoms with Gasteiger partial charge in [-0.3, -0.25) is 4.90 Å². The number of hydrogen-bond donors (Lipinski definition) is 1. The topological polar surface area (TPSA) is 15.3 Å². The van der Waals surface area contributed by atoms with Crippen LogP contribution in [0.15, 0.2) is 18.2 Å². The molecule has 0 spiro atoms. The summed E-state index contributed by atoms with van der Waals surface area (Å²) in [6.45, 7) is 7.89. The van der Waals surface area contributed by atoms with Gasteiger partial charge >= 0.3 is 0 Å². The van der Waals surface area contributed by atoms with Crippen molar-refractivity contribution in [1.82, 2.24) is 10.2 Å². The standard InChI is InChI=1S/C15H18F4N2.2ClH/c1-9(2)7-12(21-5-3-20-4-6-21)13-14(18)10(16)8-11(17)15(13)19;;/h8,12,20H,1,3-7H2,2H3;2*1H/t12-;;/m1../s1. The molecule has 0 amide bonds. The van der Waals surface area contributed by atoms with Crippen LogP contribution < -0.4 is 5.32 Å². The molecule has 1 atom stereocenters. The average Bonchev–Trinajstić information content (AvgIpc) is 2.45. The fourth-order valence-electron chi connectivity index (χ4n) is 2.62. The van der Waals surface area contributed by atoms with Gasteiger partial charge in [-0.25, -0.2) is 17.6 Å². The van der Waals surface area contributed by atoms with Gasteiger partial charge in [0.15, 0.2) is 23.3 Å². The van der Waals surface area contributed by atoms with Crippen LogP contribution in [0.3, 0.4) is 0 Å². The van der Waals surface area contributed by atoms with Crippen molar-refractivity contribution >= 4 is 24.8 Å². The Morgan fingerprint density at radius 3 is 2.04 bits per heavy atom. The molecule has 1 aromatic carbocycles. The Balaban J connectivity index is 0.00000242. The summed E-state index contributed by atoms with van der Waals surface area (Å²) in [5.41, 5.74) is 0.152.